The third-order valence-corrected chi connectivity index (χ3v) is 5.50. The van der Waals surface area contributed by atoms with Crippen molar-refractivity contribution in [2.45, 2.75) is 26.9 Å². The first-order valence-corrected chi connectivity index (χ1v) is 9.68. The molecule has 1 amide bonds. The SMILES string of the molecule is CCC(C)=C1C(=O)Nc2cc(F)c(-c3ccc(-c4ccccc4CO)cc3)cc21. The summed E-state index contributed by atoms with van der Waals surface area (Å²) in [6, 6.07) is 18.4. The zero-order chi connectivity index (χ0) is 20.5. The zero-order valence-corrected chi connectivity index (χ0v) is 16.4. The average Bonchev–Trinajstić information content (AvgIpc) is 3.07. The van der Waals surface area contributed by atoms with Gasteiger partial charge in [0.15, 0.2) is 0 Å². The highest BCUT2D eigenvalue weighted by molar-refractivity contribution is 6.32. The number of nitrogens with one attached hydrogen (secondary N) is 1. The van der Waals surface area contributed by atoms with Gasteiger partial charge in [-0.1, -0.05) is 61.0 Å². The second kappa shape index (κ2) is 7.64. The lowest BCUT2D eigenvalue weighted by atomic mass is 9.94. The molecule has 0 radical (unpaired) electrons. The van der Waals surface area contributed by atoms with Crippen molar-refractivity contribution < 1.29 is 14.3 Å². The normalized spacial score (nSPS) is 14.6. The molecule has 0 aromatic heterocycles. The minimum atomic E-state index is -0.372. The van der Waals surface area contributed by atoms with Crippen LogP contribution in [0, 0.1) is 5.82 Å². The molecular formula is C25H22FNO2. The number of rotatable bonds is 4. The Morgan fingerprint density at radius 2 is 1.62 bits per heavy atom. The summed E-state index contributed by atoms with van der Waals surface area (Å²) >= 11 is 0. The van der Waals surface area contributed by atoms with Gasteiger partial charge in [-0.15, -0.1) is 0 Å². The molecule has 2 N–H and O–H groups in total. The Kier molecular flexibility index (Phi) is 5.03. The summed E-state index contributed by atoms with van der Waals surface area (Å²) in [4.78, 5) is 12.3. The summed E-state index contributed by atoms with van der Waals surface area (Å²) in [5.41, 5.74) is 6.85. The van der Waals surface area contributed by atoms with Gasteiger partial charge in [-0.2, -0.15) is 0 Å². The summed E-state index contributed by atoms with van der Waals surface area (Å²) in [6.07, 6.45) is 0.758. The van der Waals surface area contributed by atoms with Crippen molar-refractivity contribution in [3.63, 3.8) is 0 Å². The number of amides is 1. The fourth-order valence-electron chi connectivity index (χ4n) is 3.78. The van der Waals surface area contributed by atoms with Gasteiger partial charge < -0.3 is 10.4 Å². The van der Waals surface area contributed by atoms with E-state index >= 15 is 0 Å². The van der Waals surface area contributed by atoms with E-state index < -0.39 is 0 Å². The third kappa shape index (κ3) is 3.36. The molecule has 0 spiro atoms. The number of hydrogen-bond donors (Lipinski definition) is 2. The maximum Gasteiger partial charge on any atom is 0.256 e. The molecule has 1 aliphatic rings. The van der Waals surface area contributed by atoms with E-state index in [0.717, 1.165) is 39.8 Å². The van der Waals surface area contributed by atoms with Crippen LogP contribution in [0.3, 0.4) is 0 Å². The number of allylic oxidation sites excluding steroid dienone is 1. The molecule has 0 aliphatic carbocycles. The summed E-state index contributed by atoms with van der Waals surface area (Å²) in [6.45, 7) is 3.89. The van der Waals surface area contributed by atoms with Crippen LogP contribution in [0.2, 0.25) is 0 Å². The number of aliphatic hydroxyl groups is 1. The lowest BCUT2D eigenvalue weighted by molar-refractivity contribution is -0.110. The van der Waals surface area contributed by atoms with Crippen molar-refractivity contribution in [1.29, 1.82) is 0 Å². The first kappa shape index (κ1) is 19.1. The van der Waals surface area contributed by atoms with E-state index in [9.17, 15) is 14.3 Å². The maximum absolute atomic E-state index is 14.8. The van der Waals surface area contributed by atoms with E-state index in [1.165, 1.54) is 6.07 Å². The van der Waals surface area contributed by atoms with Crippen molar-refractivity contribution in [3.8, 4) is 22.3 Å². The van der Waals surface area contributed by atoms with Gasteiger partial charge >= 0.3 is 0 Å². The molecule has 3 aromatic carbocycles. The second-order valence-electron chi connectivity index (χ2n) is 7.23. The molecule has 1 aliphatic heterocycles. The second-order valence-corrected chi connectivity index (χ2v) is 7.23. The molecule has 0 unspecified atom stereocenters. The van der Waals surface area contributed by atoms with Crippen LogP contribution in [0.15, 0.2) is 66.2 Å². The highest BCUT2D eigenvalue weighted by Crippen LogP contribution is 2.39. The third-order valence-electron chi connectivity index (χ3n) is 5.50. The van der Waals surface area contributed by atoms with E-state index in [1.807, 2.05) is 62.4 Å². The molecule has 4 rings (SSSR count). The first-order chi connectivity index (χ1) is 14.0. The van der Waals surface area contributed by atoms with Gasteiger partial charge in [-0.25, -0.2) is 4.39 Å². The Hall–Kier alpha value is -3.24. The average molecular weight is 387 g/mol. The van der Waals surface area contributed by atoms with Crippen LogP contribution in [-0.4, -0.2) is 11.0 Å². The molecule has 29 heavy (non-hydrogen) atoms. The Morgan fingerprint density at radius 3 is 2.28 bits per heavy atom. The predicted octanol–water partition coefficient (Wildman–Crippen LogP) is 5.79. The van der Waals surface area contributed by atoms with Crippen molar-refractivity contribution >= 4 is 17.2 Å². The van der Waals surface area contributed by atoms with Crippen LogP contribution in [0.25, 0.3) is 27.8 Å². The van der Waals surface area contributed by atoms with Crippen LogP contribution < -0.4 is 5.32 Å². The molecule has 3 aromatic rings. The van der Waals surface area contributed by atoms with Gasteiger partial charge in [-0.05, 0) is 47.7 Å². The Morgan fingerprint density at radius 1 is 0.966 bits per heavy atom. The zero-order valence-electron chi connectivity index (χ0n) is 16.4. The summed E-state index contributed by atoms with van der Waals surface area (Å²) in [5, 5.41) is 12.3. The van der Waals surface area contributed by atoms with E-state index in [-0.39, 0.29) is 18.3 Å². The monoisotopic (exact) mass is 387 g/mol. The summed E-state index contributed by atoms with van der Waals surface area (Å²) in [7, 11) is 0. The molecular weight excluding hydrogens is 365 g/mol. The van der Waals surface area contributed by atoms with E-state index in [1.54, 1.807) is 6.07 Å². The number of benzene rings is 3. The van der Waals surface area contributed by atoms with Gasteiger partial charge in [0.25, 0.3) is 5.91 Å². The van der Waals surface area contributed by atoms with Crippen molar-refractivity contribution in [3.05, 3.63) is 83.2 Å². The highest BCUT2D eigenvalue weighted by Gasteiger charge is 2.27. The predicted molar refractivity (Wildman–Crippen MR) is 115 cm³/mol. The molecule has 0 atom stereocenters. The van der Waals surface area contributed by atoms with Gasteiger partial charge in [0.2, 0.25) is 0 Å². The lowest BCUT2D eigenvalue weighted by Gasteiger charge is -2.11. The minimum Gasteiger partial charge on any atom is -0.392 e. The summed E-state index contributed by atoms with van der Waals surface area (Å²) < 4.78 is 14.8. The molecule has 0 fully saturated rings. The standard InChI is InChI=1S/C25H22FNO2/c1-3-15(2)24-21-12-20(22(26)13-23(21)27-25(24)29)17-10-8-16(9-11-17)19-7-5-4-6-18(19)14-28/h4-13,28H,3,14H2,1-2H3,(H,27,29). The number of hydrogen-bond acceptors (Lipinski definition) is 2. The fraction of sp³-hybridized carbons (Fsp3) is 0.160. The molecule has 4 heteroatoms. The lowest BCUT2D eigenvalue weighted by Crippen LogP contribution is -2.05. The Bertz CT molecular complexity index is 1130. The molecule has 3 nitrogen and oxygen atoms in total. The van der Waals surface area contributed by atoms with Crippen LogP contribution in [0.1, 0.15) is 31.4 Å². The Labute approximate surface area is 169 Å². The number of aliphatic hydroxyl groups excluding tert-OH is 1. The first-order valence-electron chi connectivity index (χ1n) is 9.68. The smallest absolute Gasteiger partial charge is 0.256 e. The molecule has 0 saturated carbocycles. The molecule has 0 bridgehead atoms. The largest absolute Gasteiger partial charge is 0.392 e. The topological polar surface area (TPSA) is 49.3 Å². The maximum atomic E-state index is 14.8. The highest BCUT2D eigenvalue weighted by atomic mass is 19.1. The number of anilines is 1. The number of carbonyl (C=O) groups is 1. The van der Waals surface area contributed by atoms with Crippen molar-refractivity contribution in [2.24, 2.45) is 0 Å². The van der Waals surface area contributed by atoms with Gasteiger partial charge in [-0.3, -0.25) is 4.79 Å². The van der Waals surface area contributed by atoms with Crippen molar-refractivity contribution in [1.82, 2.24) is 0 Å². The van der Waals surface area contributed by atoms with Crippen LogP contribution >= 0.6 is 0 Å². The molecule has 1 heterocycles. The number of fused-ring (bicyclic) bond motifs is 1. The number of halogens is 1. The molecule has 146 valence electrons. The van der Waals surface area contributed by atoms with Crippen LogP contribution in [0.4, 0.5) is 10.1 Å². The quantitative estimate of drug-likeness (QED) is 0.557. The molecule has 0 saturated heterocycles. The summed E-state index contributed by atoms with van der Waals surface area (Å²) in [5.74, 6) is -0.546. The van der Waals surface area contributed by atoms with Gasteiger partial charge in [0.1, 0.15) is 5.82 Å². The van der Waals surface area contributed by atoms with Gasteiger partial charge in [0, 0.05) is 16.7 Å². The van der Waals surface area contributed by atoms with Crippen LogP contribution in [0.5, 0.6) is 0 Å². The fourth-order valence-corrected chi connectivity index (χ4v) is 3.78. The van der Waals surface area contributed by atoms with Crippen LogP contribution in [-0.2, 0) is 11.4 Å². The van der Waals surface area contributed by atoms with E-state index in [4.69, 9.17) is 0 Å². The Balaban J connectivity index is 1.77. The number of carbonyl (C=O) groups excluding carboxylic acids is 1. The van der Waals surface area contributed by atoms with Gasteiger partial charge in [0.05, 0.1) is 12.3 Å². The van der Waals surface area contributed by atoms with E-state index in [2.05, 4.69) is 5.32 Å². The van der Waals surface area contributed by atoms with E-state index in [0.29, 0.717) is 16.8 Å². The minimum absolute atomic E-state index is 0.0374. The van der Waals surface area contributed by atoms with Crippen molar-refractivity contribution in [2.75, 3.05) is 5.32 Å².